The summed E-state index contributed by atoms with van der Waals surface area (Å²) in [4.78, 5) is 22.3. The van der Waals surface area contributed by atoms with Gasteiger partial charge in [-0.2, -0.15) is 0 Å². The number of hydrogen-bond acceptors (Lipinski definition) is 6. The van der Waals surface area contributed by atoms with Crippen molar-refractivity contribution in [1.29, 1.82) is 0 Å². The van der Waals surface area contributed by atoms with E-state index in [1.165, 1.54) is 14.2 Å². The lowest BCUT2D eigenvalue weighted by molar-refractivity contribution is -0.148. The van der Waals surface area contributed by atoms with Crippen LogP contribution in [0.15, 0.2) is 0 Å². The van der Waals surface area contributed by atoms with E-state index in [2.05, 4.69) is 24.5 Å². The maximum atomic E-state index is 11.1. The molecule has 2 aliphatic heterocycles. The van der Waals surface area contributed by atoms with Crippen LogP contribution in [-0.2, 0) is 19.1 Å². The van der Waals surface area contributed by atoms with E-state index in [0.717, 1.165) is 39.0 Å². The Balaban J connectivity index is 0. The summed E-state index contributed by atoms with van der Waals surface area (Å²) in [6, 6.07) is 0. The second-order valence-corrected chi connectivity index (χ2v) is 6.20. The Kier molecular flexibility index (Phi) is 14.7. The first kappa shape index (κ1) is 25.7. The van der Waals surface area contributed by atoms with Gasteiger partial charge in [-0.3, -0.25) is 9.59 Å². The average Bonchev–Trinajstić information content (AvgIpc) is 2.55. The molecular weight excluding hydrogens is 355 g/mol. The quantitative estimate of drug-likeness (QED) is 0.702. The SMILES string of the molecule is COC(=O)[C@@H]1CCNC[C@@H]1C.COC(=O)[C@H]1CCNC[C@H]1C.Cl.Cl. The van der Waals surface area contributed by atoms with Gasteiger partial charge in [0.25, 0.3) is 0 Å². The molecule has 8 heteroatoms. The molecule has 0 saturated carbocycles. The van der Waals surface area contributed by atoms with E-state index in [0.29, 0.717) is 11.8 Å². The Labute approximate surface area is 157 Å². The molecule has 0 bridgehead atoms. The monoisotopic (exact) mass is 386 g/mol. The Morgan fingerprint density at radius 3 is 1.38 bits per heavy atom. The van der Waals surface area contributed by atoms with Crippen LogP contribution in [0.5, 0.6) is 0 Å². The molecule has 2 heterocycles. The number of hydrogen-bond donors (Lipinski definition) is 2. The third-order valence-electron chi connectivity index (χ3n) is 4.58. The van der Waals surface area contributed by atoms with Crippen LogP contribution in [0, 0.1) is 23.7 Å². The van der Waals surface area contributed by atoms with Crippen molar-refractivity contribution in [3.63, 3.8) is 0 Å². The first-order chi connectivity index (χ1) is 10.5. The fraction of sp³-hybridized carbons (Fsp3) is 0.875. The topological polar surface area (TPSA) is 76.7 Å². The molecule has 0 aromatic rings. The highest BCUT2D eigenvalue weighted by atomic mass is 35.5. The van der Waals surface area contributed by atoms with Gasteiger partial charge in [-0.05, 0) is 50.9 Å². The van der Waals surface area contributed by atoms with Crippen LogP contribution in [0.1, 0.15) is 26.7 Å². The first-order valence-electron chi connectivity index (χ1n) is 8.08. The number of halogens is 2. The van der Waals surface area contributed by atoms with Crippen LogP contribution in [-0.4, -0.2) is 52.3 Å². The lowest BCUT2D eigenvalue weighted by Crippen LogP contribution is -2.39. The van der Waals surface area contributed by atoms with E-state index in [4.69, 9.17) is 9.47 Å². The molecule has 6 nitrogen and oxygen atoms in total. The lowest BCUT2D eigenvalue weighted by atomic mass is 9.88. The highest BCUT2D eigenvalue weighted by molar-refractivity contribution is 5.85. The molecule has 4 atom stereocenters. The minimum absolute atomic E-state index is 0. The van der Waals surface area contributed by atoms with Gasteiger partial charge in [0.15, 0.2) is 0 Å². The number of nitrogens with one attached hydrogen (secondary N) is 2. The van der Waals surface area contributed by atoms with E-state index < -0.39 is 0 Å². The average molecular weight is 387 g/mol. The van der Waals surface area contributed by atoms with Crippen molar-refractivity contribution in [2.75, 3.05) is 40.4 Å². The van der Waals surface area contributed by atoms with E-state index >= 15 is 0 Å². The van der Waals surface area contributed by atoms with E-state index in [9.17, 15) is 9.59 Å². The highest BCUT2D eigenvalue weighted by Gasteiger charge is 2.28. The van der Waals surface area contributed by atoms with Crippen molar-refractivity contribution in [2.24, 2.45) is 23.7 Å². The smallest absolute Gasteiger partial charge is 0.309 e. The van der Waals surface area contributed by atoms with E-state index in [1.807, 2.05) is 0 Å². The predicted molar refractivity (Wildman–Crippen MR) is 98.8 cm³/mol. The van der Waals surface area contributed by atoms with Gasteiger partial charge in [-0.25, -0.2) is 0 Å². The van der Waals surface area contributed by atoms with Crippen LogP contribution in [0.4, 0.5) is 0 Å². The van der Waals surface area contributed by atoms with Gasteiger partial charge in [0.2, 0.25) is 0 Å². The third-order valence-corrected chi connectivity index (χ3v) is 4.58. The zero-order valence-corrected chi connectivity index (χ0v) is 16.6. The van der Waals surface area contributed by atoms with Gasteiger partial charge in [-0.1, -0.05) is 13.8 Å². The van der Waals surface area contributed by atoms with Crippen molar-refractivity contribution in [3.05, 3.63) is 0 Å². The van der Waals surface area contributed by atoms with Crippen LogP contribution >= 0.6 is 24.8 Å². The maximum absolute atomic E-state index is 11.1. The summed E-state index contributed by atoms with van der Waals surface area (Å²) >= 11 is 0. The largest absolute Gasteiger partial charge is 0.469 e. The van der Waals surface area contributed by atoms with Gasteiger partial charge in [0, 0.05) is 0 Å². The first-order valence-corrected chi connectivity index (χ1v) is 8.08. The van der Waals surface area contributed by atoms with Gasteiger partial charge in [0.05, 0.1) is 26.1 Å². The predicted octanol–water partition coefficient (Wildman–Crippen LogP) is 1.65. The highest BCUT2D eigenvalue weighted by Crippen LogP contribution is 2.20. The molecule has 2 N–H and O–H groups in total. The minimum Gasteiger partial charge on any atom is -0.469 e. The standard InChI is InChI=1S/2C8H15NO2.2ClH/c2*1-6-5-9-4-3-7(6)8(10)11-2;;/h2*6-7,9H,3-5H2,1-2H3;2*1H/t2*6-,7+;;/m10../s1. The van der Waals surface area contributed by atoms with Gasteiger partial charge in [0.1, 0.15) is 0 Å². The molecule has 2 saturated heterocycles. The summed E-state index contributed by atoms with van der Waals surface area (Å²) in [5, 5.41) is 6.47. The number of ether oxygens (including phenoxy) is 2. The second-order valence-electron chi connectivity index (χ2n) is 6.20. The van der Waals surface area contributed by atoms with Crippen LogP contribution in [0.2, 0.25) is 0 Å². The summed E-state index contributed by atoms with van der Waals surface area (Å²) < 4.78 is 9.39. The summed E-state index contributed by atoms with van der Waals surface area (Å²) in [5.41, 5.74) is 0. The molecule has 0 aromatic carbocycles. The van der Waals surface area contributed by atoms with Gasteiger partial charge in [-0.15, -0.1) is 24.8 Å². The van der Waals surface area contributed by atoms with Crippen molar-refractivity contribution in [3.8, 4) is 0 Å². The zero-order chi connectivity index (χ0) is 16.5. The number of piperidine rings is 2. The number of carbonyl (C=O) groups excluding carboxylic acids is 2. The van der Waals surface area contributed by atoms with Crippen LogP contribution in [0.25, 0.3) is 0 Å². The summed E-state index contributed by atoms with van der Waals surface area (Å²) in [6.45, 7) is 7.88. The third kappa shape index (κ3) is 8.01. The number of esters is 2. The molecule has 2 aliphatic rings. The Hall–Kier alpha value is -0.560. The molecule has 2 fully saturated rings. The molecule has 0 radical (unpaired) electrons. The normalized spacial score (nSPS) is 28.8. The molecule has 24 heavy (non-hydrogen) atoms. The summed E-state index contributed by atoms with van der Waals surface area (Å²) in [5.74, 6) is 0.938. The molecular formula is C16H32Cl2N2O4. The minimum atomic E-state index is -0.0565. The van der Waals surface area contributed by atoms with Crippen molar-refractivity contribution in [2.45, 2.75) is 26.7 Å². The molecule has 144 valence electrons. The maximum Gasteiger partial charge on any atom is 0.309 e. The molecule has 0 amide bonds. The lowest BCUT2D eigenvalue weighted by Gasteiger charge is -2.26. The zero-order valence-electron chi connectivity index (χ0n) is 15.0. The van der Waals surface area contributed by atoms with Crippen molar-refractivity contribution in [1.82, 2.24) is 10.6 Å². The van der Waals surface area contributed by atoms with Crippen LogP contribution < -0.4 is 10.6 Å². The molecule has 0 spiro atoms. The Morgan fingerprint density at radius 1 is 0.792 bits per heavy atom. The van der Waals surface area contributed by atoms with Gasteiger partial charge >= 0.3 is 11.9 Å². The Morgan fingerprint density at radius 2 is 1.12 bits per heavy atom. The summed E-state index contributed by atoms with van der Waals surface area (Å²) in [6.07, 6.45) is 1.82. The number of rotatable bonds is 2. The van der Waals surface area contributed by atoms with Crippen LogP contribution in [0.3, 0.4) is 0 Å². The fourth-order valence-corrected chi connectivity index (χ4v) is 3.03. The van der Waals surface area contributed by atoms with E-state index in [-0.39, 0.29) is 48.6 Å². The Bertz CT molecular complexity index is 338. The molecule has 0 unspecified atom stereocenters. The van der Waals surface area contributed by atoms with Crippen molar-refractivity contribution >= 4 is 36.8 Å². The molecule has 0 aromatic heterocycles. The second kappa shape index (κ2) is 13.7. The van der Waals surface area contributed by atoms with Gasteiger partial charge < -0.3 is 20.1 Å². The molecule has 0 aliphatic carbocycles. The molecule has 2 rings (SSSR count). The number of methoxy groups -OCH3 is 2. The fourth-order valence-electron chi connectivity index (χ4n) is 3.03. The van der Waals surface area contributed by atoms with E-state index in [1.54, 1.807) is 0 Å². The summed E-state index contributed by atoms with van der Waals surface area (Å²) in [7, 11) is 2.91. The number of carbonyl (C=O) groups is 2. The van der Waals surface area contributed by atoms with Crippen molar-refractivity contribution < 1.29 is 19.1 Å².